The summed E-state index contributed by atoms with van der Waals surface area (Å²) >= 11 is 12.1. The standard InChI is InChI=1S/C21H19Cl2N3O2/c22-15-7-5-14(6-8-15)21-16-13-26(11-9-18(16)24-25-21)20(27)10-12-28-19-4-2-1-3-17(19)23/h1-8H,9-13H2,(H,24,25). The first-order valence-corrected chi connectivity index (χ1v) is 9.84. The molecule has 0 saturated heterocycles. The summed E-state index contributed by atoms with van der Waals surface area (Å²) in [6.45, 7) is 1.50. The molecular formula is C21H19Cl2N3O2. The fraction of sp³-hybridized carbons (Fsp3) is 0.238. The van der Waals surface area contributed by atoms with E-state index in [9.17, 15) is 4.79 Å². The van der Waals surface area contributed by atoms with Gasteiger partial charge in [-0.25, -0.2) is 0 Å². The predicted molar refractivity (Wildman–Crippen MR) is 110 cm³/mol. The fourth-order valence-corrected chi connectivity index (χ4v) is 3.64. The SMILES string of the molecule is O=C(CCOc1ccccc1Cl)N1CCc2[nH]nc(-c3ccc(Cl)cc3)c2C1. The number of fused-ring (bicyclic) bond motifs is 1. The summed E-state index contributed by atoms with van der Waals surface area (Å²) in [5.41, 5.74) is 4.00. The van der Waals surface area contributed by atoms with Gasteiger partial charge in [-0.3, -0.25) is 9.89 Å². The van der Waals surface area contributed by atoms with Crippen LogP contribution in [0.15, 0.2) is 48.5 Å². The molecule has 0 radical (unpaired) electrons. The van der Waals surface area contributed by atoms with Gasteiger partial charge in [0.2, 0.25) is 5.91 Å². The van der Waals surface area contributed by atoms with Crippen LogP contribution in [0.5, 0.6) is 5.75 Å². The van der Waals surface area contributed by atoms with Crippen molar-refractivity contribution < 1.29 is 9.53 Å². The summed E-state index contributed by atoms with van der Waals surface area (Å²) < 4.78 is 5.65. The fourth-order valence-electron chi connectivity index (χ4n) is 3.32. The largest absolute Gasteiger partial charge is 0.491 e. The molecule has 0 atom stereocenters. The highest BCUT2D eigenvalue weighted by Gasteiger charge is 2.25. The van der Waals surface area contributed by atoms with E-state index < -0.39 is 0 Å². The van der Waals surface area contributed by atoms with Gasteiger partial charge in [0.15, 0.2) is 0 Å². The predicted octanol–water partition coefficient (Wildman–Crippen LogP) is 4.74. The molecule has 1 N–H and O–H groups in total. The first-order chi connectivity index (χ1) is 13.6. The number of nitrogens with one attached hydrogen (secondary N) is 1. The van der Waals surface area contributed by atoms with Crippen molar-refractivity contribution in [2.75, 3.05) is 13.2 Å². The number of halogens is 2. The highest BCUT2D eigenvalue weighted by molar-refractivity contribution is 6.32. The van der Waals surface area contributed by atoms with Crippen molar-refractivity contribution in [1.82, 2.24) is 15.1 Å². The highest BCUT2D eigenvalue weighted by atomic mass is 35.5. The summed E-state index contributed by atoms with van der Waals surface area (Å²) in [6.07, 6.45) is 1.06. The number of rotatable bonds is 5. The summed E-state index contributed by atoms with van der Waals surface area (Å²) in [5, 5.41) is 8.80. The van der Waals surface area contributed by atoms with Crippen LogP contribution in [0.25, 0.3) is 11.3 Å². The Kier molecular flexibility index (Phi) is 5.55. The van der Waals surface area contributed by atoms with E-state index in [1.807, 2.05) is 41.3 Å². The van der Waals surface area contributed by atoms with E-state index in [1.165, 1.54) is 0 Å². The molecule has 2 heterocycles. The van der Waals surface area contributed by atoms with Crippen LogP contribution in [0.1, 0.15) is 17.7 Å². The molecule has 5 nitrogen and oxygen atoms in total. The molecule has 1 aromatic heterocycles. The second-order valence-electron chi connectivity index (χ2n) is 6.63. The van der Waals surface area contributed by atoms with Crippen LogP contribution in [0.3, 0.4) is 0 Å². The number of aromatic nitrogens is 2. The number of hydrogen-bond donors (Lipinski definition) is 1. The molecule has 0 aliphatic carbocycles. The van der Waals surface area contributed by atoms with Crippen LogP contribution in [0.4, 0.5) is 0 Å². The molecule has 2 aromatic carbocycles. The Morgan fingerprint density at radius 1 is 1.14 bits per heavy atom. The van der Waals surface area contributed by atoms with Gasteiger partial charge >= 0.3 is 0 Å². The second-order valence-corrected chi connectivity index (χ2v) is 7.47. The van der Waals surface area contributed by atoms with E-state index in [4.69, 9.17) is 27.9 Å². The Morgan fingerprint density at radius 3 is 2.71 bits per heavy atom. The zero-order valence-corrected chi connectivity index (χ0v) is 16.6. The maximum Gasteiger partial charge on any atom is 0.226 e. The molecule has 28 heavy (non-hydrogen) atoms. The Hall–Kier alpha value is -2.50. The maximum atomic E-state index is 12.7. The molecule has 0 spiro atoms. The lowest BCUT2D eigenvalue weighted by atomic mass is 10.0. The lowest BCUT2D eigenvalue weighted by molar-refractivity contribution is -0.132. The monoisotopic (exact) mass is 415 g/mol. The van der Waals surface area contributed by atoms with Crippen molar-refractivity contribution in [2.45, 2.75) is 19.4 Å². The molecule has 4 rings (SSSR count). The lowest BCUT2D eigenvalue weighted by Gasteiger charge is -2.27. The summed E-state index contributed by atoms with van der Waals surface area (Å²) in [5.74, 6) is 0.652. The number of carbonyl (C=O) groups is 1. The maximum absolute atomic E-state index is 12.7. The number of aromatic amines is 1. The molecule has 3 aromatic rings. The highest BCUT2D eigenvalue weighted by Crippen LogP contribution is 2.29. The second kappa shape index (κ2) is 8.25. The van der Waals surface area contributed by atoms with Gasteiger partial charge in [-0.1, -0.05) is 47.5 Å². The van der Waals surface area contributed by atoms with E-state index in [-0.39, 0.29) is 5.91 Å². The van der Waals surface area contributed by atoms with Gasteiger partial charge in [0, 0.05) is 41.4 Å². The zero-order chi connectivity index (χ0) is 19.5. The lowest BCUT2D eigenvalue weighted by Crippen LogP contribution is -2.36. The van der Waals surface area contributed by atoms with Crippen LogP contribution in [-0.2, 0) is 17.8 Å². The molecule has 1 aliphatic heterocycles. The summed E-state index contributed by atoms with van der Waals surface area (Å²) in [7, 11) is 0. The average Bonchev–Trinajstić information content (AvgIpc) is 3.13. The van der Waals surface area contributed by atoms with Crippen molar-refractivity contribution in [3.63, 3.8) is 0 Å². The Bertz CT molecular complexity index is 986. The minimum Gasteiger partial charge on any atom is -0.491 e. The van der Waals surface area contributed by atoms with E-state index >= 15 is 0 Å². The van der Waals surface area contributed by atoms with Crippen molar-refractivity contribution >= 4 is 29.1 Å². The third kappa shape index (κ3) is 4.01. The van der Waals surface area contributed by atoms with E-state index in [0.29, 0.717) is 41.9 Å². The Labute approximate surface area is 173 Å². The first kappa shape index (κ1) is 18.8. The van der Waals surface area contributed by atoms with Crippen LogP contribution in [-0.4, -0.2) is 34.2 Å². The number of ether oxygens (including phenoxy) is 1. The number of nitrogens with zero attached hydrogens (tertiary/aromatic N) is 2. The van der Waals surface area contributed by atoms with Crippen molar-refractivity contribution in [3.8, 4) is 17.0 Å². The average molecular weight is 416 g/mol. The molecule has 7 heteroatoms. The van der Waals surface area contributed by atoms with Crippen molar-refractivity contribution in [1.29, 1.82) is 0 Å². The molecule has 1 aliphatic rings. The van der Waals surface area contributed by atoms with Gasteiger partial charge in [0.25, 0.3) is 0 Å². The quantitative estimate of drug-likeness (QED) is 0.654. The number of H-pyrrole nitrogens is 1. The molecule has 0 fully saturated rings. The zero-order valence-electron chi connectivity index (χ0n) is 15.1. The number of benzene rings is 2. The number of amides is 1. The smallest absolute Gasteiger partial charge is 0.226 e. The Balaban J connectivity index is 1.40. The van der Waals surface area contributed by atoms with Gasteiger partial charge in [0.1, 0.15) is 5.75 Å². The number of hydrogen-bond acceptors (Lipinski definition) is 3. The van der Waals surface area contributed by atoms with Gasteiger partial charge < -0.3 is 9.64 Å². The first-order valence-electron chi connectivity index (χ1n) is 9.09. The van der Waals surface area contributed by atoms with Gasteiger partial charge in [-0.05, 0) is 24.3 Å². The van der Waals surface area contributed by atoms with Gasteiger partial charge in [0.05, 0.1) is 23.7 Å². The summed E-state index contributed by atoms with van der Waals surface area (Å²) in [6, 6.07) is 14.8. The summed E-state index contributed by atoms with van der Waals surface area (Å²) in [4.78, 5) is 14.5. The normalized spacial score (nSPS) is 13.3. The van der Waals surface area contributed by atoms with E-state index in [1.54, 1.807) is 12.1 Å². The van der Waals surface area contributed by atoms with Crippen molar-refractivity contribution in [3.05, 3.63) is 69.8 Å². The third-order valence-electron chi connectivity index (χ3n) is 4.81. The number of carbonyl (C=O) groups excluding carboxylic acids is 1. The topological polar surface area (TPSA) is 58.2 Å². The molecule has 144 valence electrons. The van der Waals surface area contributed by atoms with Gasteiger partial charge in [-0.15, -0.1) is 0 Å². The minimum absolute atomic E-state index is 0.0564. The van der Waals surface area contributed by atoms with Crippen molar-refractivity contribution in [2.24, 2.45) is 0 Å². The molecular weight excluding hydrogens is 397 g/mol. The molecule has 0 saturated carbocycles. The van der Waals surface area contributed by atoms with Crippen LogP contribution >= 0.6 is 23.2 Å². The number of para-hydroxylation sites is 1. The van der Waals surface area contributed by atoms with Crippen LogP contribution in [0, 0.1) is 0 Å². The van der Waals surface area contributed by atoms with E-state index in [2.05, 4.69) is 10.2 Å². The van der Waals surface area contributed by atoms with E-state index in [0.717, 1.165) is 28.9 Å². The Morgan fingerprint density at radius 2 is 1.93 bits per heavy atom. The minimum atomic E-state index is 0.0564. The van der Waals surface area contributed by atoms with Gasteiger partial charge in [-0.2, -0.15) is 5.10 Å². The molecule has 1 amide bonds. The third-order valence-corrected chi connectivity index (χ3v) is 5.38. The van der Waals surface area contributed by atoms with Crippen LogP contribution < -0.4 is 4.74 Å². The molecule has 0 unspecified atom stereocenters. The van der Waals surface area contributed by atoms with Crippen LogP contribution in [0.2, 0.25) is 10.0 Å². The molecule has 0 bridgehead atoms.